The molecule has 0 saturated carbocycles. The van der Waals surface area contributed by atoms with Crippen LogP contribution in [0.3, 0.4) is 0 Å². The molecule has 0 amide bonds. The highest BCUT2D eigenvalue weighted by molar-refractivity contribution is 6.05. The molecule has 6 rings (SSSR count). The van der Waals surface area contributed by atoms with Gasteiger partial charge in [0.05, 0.1) is 0 Å². The predicted octanol–water partition coefficient (Wildman–Crippen LogP) is 3.89. The summed E-state index contributed by atoms with van der Waals surface area (Å²) < 4.78 is 0. The monoisotopic (exact) mass is 339 g/mol. The zero-order valence-corrected chi connectivity index (χ0v) is 14.2. The highest BCUT2D eigenvalue weighted by Crippen LogP contribution is 2.34. The third kappa shape index (κ3) is 1.76. The van der Waals surface area contributed by atoms with Crippen molar-refractivity contribution >= 4 is 35.3 Å². The van der Waals surface area contributed by atoms with Gasteiger partial charge in [0.2, 0.25) is 0 Å². The quantitative estimate of drug-likeness (QED) is 0.409. The van der Waals surface area contributed by atoms with E-state index in [9.17, 15) is 0 Å². The summed E-state index contributed by atoms with van der Waals surface area (Å²) in [6.45, 7) is 0. The van der Waals surface area contributed by atoms with Gasteiger partial charge in [-0.05, 0) is 66.7 Å². The van der Waals surface area contributed by atoms with Crippen LogP contribution in [0.1, 0.15) is 11.1 Å². The number of rotatable bonds is 0. The molecule has 0 fully saturated rings. The van der Waals surface area contributed by atoms with Gasteiger partial charge in [-0.3, -0.25) is 4.98 Å². The van der Waals surface area contributed by atoms with Crippen LogP contribution in [0.15, 0.2) is 67.0 Å². The Bertz CT molecular complexity index is 1400. The molecule has 0 radical (unpaired) electrons. The van der Waals surface area contributed by atoms with E-state index in [1.165, 1.54) is 53.9 Å². The molecular formula is C23H14ClN. The highest BCUT2D eigenvalue weighted by Gasteiger charge is 2.20. The van der Waals surface area contributed by atoms with E-state index in [0.29, 0.717) is 0 Å². The van der Waals surface area contributed by atoms with Crippen LogP contribution < -0.4 is 10.4 Å². The maximum atomic E-state index is 4.40. The van der Waals surface area contributed by atoms with E-state index in [1.807, 2.05) is 12.4 Å². The Balaban J connectivity index is 0.00000140. The number of halogens is 1. The molecule has 0 atom stereocenters. The minimum Gasteiger partial charge on any atom is -0.264 e. The molecule has 0 unspecified atom stereocenters. The van der Waals surface area contributed by atoms with Crippen molar-refractivity contribution in [2.75, 3.05) is 0 Å². The fourth-order valence-electron chi connectivity index (χ4n) is 4.26. The van der Waals surface area contributed by atoms with Crippen LogP contribution in [-0.4, -0.2) is 4.98 Å². The summed E-state index contributed by atoms with van der Waals surface area (Å²) in [5.41, 5.74) is 5.30. The maximum absolute atomic E-state index is 4.40. The van der Waals surface area contributed by atoms with E-state index in [-0.39, 0.29) is 12.4 Å². The van der Waals surface area contributed by atoms with E-state index in [0.717, 1.165) is 0 Å². The van der Waals surface area contributed by atoms with Crippen molar-refractivity contribution in [2.24, 2.45) is 0 Å². The smallest absolute Gasteiger partial charge is 0.0352 e. The van der Waals surface area contributed by atoms with E-state index < -0.39 is 0 Å². The normalized spacial score (nSPS) is 12.3. The maximum Gasteiger partial charge on any atom is 0.0352 e. The zero-order valence-electron chi connectivity index (χ0n) is 13.4. The molecule has 25 heavy (non-hydrogen) atoms. The van der Waals surface area contributed by atoms with Gasteiger partial charge in [0.1, 0.15) is 0 Å². The number of benzene rings is 3. The van der Waals surface area contributed by atoms with Gasteiger partial charge in [-0.1, -0.05) is 48.5 Å². The molecule has 1 nitrogen and oxygen atoms in total. The van der Waals surface area contributed by atoms with Crippen molar-refractivity contribution < 1.29 is 0 Å². The van der Waals surface area contributed by atoms with E-state index in [1.54, 1.807) is 0 Å². The third-order valence-corrected chi connectivity index (χ3v) is 5.25. The first-order valence-electron chi connectivity index (χ1n) is 8.24. The lowest BCUT2D eigenvalue weighted by molar-refractivity contribution is 1.35. The van der Waals surface area contributed by atoms with Gasteiger partial charge in [-0.25, -0.2) is 0 Å². The van der Waals surface area contributed by atoms with Gasteiger partial charge in [0.15, 0.2) is 0 Å². The number of pyridine rings is 1. The van der Waals surface area contributed by atoms with Crippen molar-refractivity contribution in [3.05, 3.63) is 99.0 Å². The molecule has 0 bridgehead atoms. The largest absolute Gasteiger partial charge is 0.264 e. The van der Waals surface area contributed by atoms with E-state index in [4.69, 9.17) is 0 Å². The lowest BCUT2D eigenvalue weighted by Gasteiger charge is -2.08. The summed E-state index contributed by atoms with van der Waals surface area (Å²) in [5.74, 6) is 0. The first kappa shape index (κ1) is 14.4. The minimum absolute atomic E-state index is 0. The lowest BCUT2D eigenvalue weighted by Crippen LogP contribution is -2.08. The van der Waals surface area contributed by atoms with Crippen LogP contribution in [0.5, 0.6) is 0 Å². The first-order chi connectivity index (χ1) is 11.9. The van der Waals surface area contributed by atoms with Crippen LogP contribution >= 0.6 is 12.4 Å². The van der Waals surface area contributed by atoms with Crippen molar-refractivity contribution in [1.82, 2.24) is 4.98 Å². The van der Waals surface area contributed by atoms with Crippen molar-refractivity contribution in [3.63, 3.8) is 0 Å². The van der Waals surface area contributed by atoms with Crippen LogP contribution in [-0.2, 0) is 0 Å². The number of nitrogens with zero attached hydrogens (tertiary/aromatic N) is 1. The fourth-order valence-corrected chi connectivity index (χ4v) is 4.26. The molecule has 118 valence electrons. The van der Waals surface area contributed by atoms with Gasteiger partial charge >= 0.3 is 0 Å². The summed E-state index contributed by atoms with van der Waals surface area (Å²) in [5, 5.41) is 7.88. The van der Waals surface area contributed by atoms with E-state index >= 15 is 0 Å². The Hall–Kier alpha value is -2.90. The topological polar surface area (TPSA) is 12.9 Å². The second-order valence-corrected chi connectivity index (χ2v) is 6.46. The van der Waals surface area contributed by atoms with Gasteiger partial charge < -0.3 is 0 Å². The molecule has 1 heterocycles. The predicted molar refractivity (Wildman–Crippen MR) is 105 cm³/mol. The fraction of sp³-hybridized carbons (Fsp3) is 0. The van der Waals surface area contributed by atoms with Gasteiger partial charge in [-0.2, -0.15) is 0 Å². The van der Waals surface area contributed by atoms with Gasteiger partial charge in [-0.15, -0.1) is 12.4 Å². The van der Waals surface area contributed by atoms with Crippen molar-refractivity contribution in [3.8, 4) is 11.1 Å². The molecule has 0 N–H and O–H groups in total. The molecule has 2 aliphatic carbocycles. The number of aromatic nitrogens is 1. The van der Waals surface area contributed by atoms with Crippen molar-refractivity contribution in [2.45, 2.75) is 0 Å². The Morgan fingerprint density at radius 2 is 1.60 bits per heavy atom. The Morgan fingerprint density at radius 1 is 0.760 bits per heavy atom. The summed E-state index contributed by atoms with van der Waals surface area (Å²) in [6, 6.07) is 19.5. The molecule has 0 aliphatic heterocycles. The average Bonchev–Trinajstić information content (AvgIpc) is 3.20. The first-order valence-corrected chi connectivity index (χ1v) is 8.24. The van der Waals surface area contributed by atoms with Crippen LogP contribution in [0, 0.1) is 10.4 Å². The third-order valence-electron chi connectivity index (χ3n) is 5.25. The SMILES string of the molecule is C1=c2ccccc2=c2c1c1cnccc1c1c2=Cc2ccccc2-1.Cl. The average molecular weight is 340 g/mol. The van der Waals surface area contributed by atoms with Gasteiger partial charge in [0, 0.05) is 17.8 Å². The molecule has 2 heteroatoms. The standard InChI is InChI=1S/C23H13N.ClH/c1-4-8-17-14(5-1)11-19-21-13-24-10-9-18(21)22-16-7-3-2-6-15(16)12-20(22)23(17)19;/h1-13H;1H. The lowest BCUT2D eigenvalue weighted by atomic mass is 9.95. The molecule has 0 spiro atoms. The summed E-state index contributed by atoms with van der Waals surface area (Å²) >= 11 is 0. The summed E-state index contributed by atoms with van der Waals surface area (Å²) in [6.07, 6.45) is 8.57. The van der Waals surface area contributed by atoms with Crippen LogP contribution in [0.4, 0.5) is 0 Å². The Kier molecular flexibility index (Phi) is 2.92. The molecule has 4 aromatic rings. The Labute approximate surface area is 150 Å². The minimum atomic E-state index is 0. The number of hydrogen-bond donors (Lipinski definition) is 0. The Morgan fingerprint density at radius 3 is 2.56 bits per heavy atom. The summed E-state index contributed by atoms with van der Waals surface area (Å²) in [7, 11) is 0. The molecule has 1 aromatic heterocycles. The zero-order chi connectivity index (χ0) is 15.7. The van der Waals surface area contributed by atoms with Gasteiger partial charge in [0.25, 0.3) is 0 Å². The van der Waals surface area contributed by atoms with E-state index in [2.05, 4.69) is 71.7 Å². The molecule has 0 saturated heterocycles. The van der Waals surface area contributed by atoms with Crippen LogP contribution in [0.25, 0.3) is 34.1 Å². The summed E-state index contributed by atoms with van der Waals surface area (Å²) in [4.78, 5) is 4.40. The molecular weight excluding hydrogens is 326 g/mol. The van der Waals surface area contributed by atoms with Crippen LogP contribution in [0.2, 0.25) is 0 Å². The second kappa shape index (κ2) is 5.05. The number of fused-ring (bicyclic) bond motifs is 9. The highest BCUT2D eigenvalue weighted by atomic mass is 35.5. The molecule has 2 aliphatic rings. The number of hydrogen-bond acceptors (Lipinski definition) is 1. The molecule has 3 aromatic carbocycles. The van der Waals surface area contributed by atoms with Crippen molar-refractivity contribution in [1.29, 1.82) is 0 Å². The second-order valence-electron chi connectivity index (χ2n) is 6.46.